The van der Waals surface area contributed by atoms with E-state index in [1.807, 2.05) is 56.9 Å². The Kier molecular flexibility index (Phi) is 12.0. The van der Waals surface area contributed by atoms with E-state index >= 15 is 0 Å². The fraction of sp³-hybridized carbons (Fsp3) is 0.462. The molecule has 2 fully saturated rings. The number of H-pyrrole nitrogens is 2. The molecule has 1 aromatic carbocycles. The van der Waals surface area contributed by atoms with Crippen LogP contribution < -0.4 is 5.32 Å². The predicted molar refractivity (Wildman–Crippen MR) is 203 cm³/mol. The Morgan fingerprint density at radius 3 is 1.82 bits per heavy atom. The average molecular weight is 753 g/mol. The highest BCUT2D eigenvalue weighted by molar-refractivity contribution is 5.97. The van der Waals surface area contributed by atoms with Crippen LogP contribution in [0.4, 0.5) is 9.59 Å². The zero-order valence-corrected chi connectivity index (χ0v) is 32.0. The maximum atomic E-state index is 13.6. The molecule has 0 bridgehead atoms. The highest BCUT2D eigenvalue weighted by atomic mass is 16.5. The van der Waals surface area contributed by atoms with E-state index in [2.05, 4.69) is 44.9 Å². The first-order chi connectivity index (χ1) is 26.5. The number of benzene rings is 1. The highest BCUT2D eigenvalue weighted by Gasteiger charge is 2.38. The Balaban J connectivity index is 1.11. The number of alkyl carbamates (subject to hydrolysis) is 1. The molecule has 0 saturated carbocycles. The number of carbonyl (C=O) groups is 4. The molecule has 16 nitrogen and oxygen atoms in total. The number of hydrogen-bond donors (Lipinski definition) is 3. The van der Waals surface area contributed by atoms with E-state index in [4.69, 9.17) is 4.74 Å². The molecule has 2 aliphatic heterocycles. The first kappa shape index (κ1) is 38.8. The Hall–Kier alpha value is -5.93. The van der Waals surface area contributed by atoms with Gasteiger partial charge in [0.25, 0.3) is 0 Å². The second-order valence-corrected chi connectivity index (χ2v) is 14.5. The first-order valence-corrected chi connectivity index (χ1v) is 18.6. The predicted octanol–water partition coefficient (Wildman–Crippen LogP) is 5.74. The minimum absolute atomic E-state index is 0.0611. The van der Waals surface area contributed by atoms with E-state index in [1.54, 1.807) is 29.7 Å². The van der Waals surface area contributed by atoms with Crippen LogP contribution in [0, 0.1) is 17.8 Å². The summed E-state index contributed by atoms with van der Waals surface area (Å²) >= 11 is 0. The third-order valence-electron chi connectivity index (χ3n) is 10.2. The summed E-state index contributed by atoms with van der Waals surface area (Å²) in [5, 5.41) is 2.68. The number of methoxy groups -OCH3 is 2. The lowest BCUT2D eigenvalue weighted by atomic mass is 9.95. The van der Waals surface area contributed by atoms with Gasteiger partial charge < -0.3 is 34.6 Å². The summed E-state index contributed by atoms with van der Waals surface area (Å²) in [5.41, 5.74) is 4.06. The van der Waals surface area contributed by atoms with Crippen LogP contribution >= 0.6 is 0 Å². The molecule has 16 heteroatoms. The monoisotopic (exact) mass is 752 g/mol. The minimum atomic E-state index is -0.738. The van der Waals surface area contributed by atoms with Gasteiger partial charge in [0.05, 0.1) is 56.0 Å². The number of nitrogens with one attached hydrogen (secondary N) is 3. The molecule has 0 radical (unpaired) electrons. The lowest BCUT2D eigenvalue weighted by Crippen LogP contribution is -2.51. The smallest absolute Gasteiger partial charge is 0.432 e. The maximum absolute atomic E-state index is 13.6. The molecule has 5 heterocycles. The quantitative estimate of drug-likeness (QED) is 0.159. The van der Waals surface area contributed by atoms with Gasteiger partial charge >= 0.3 is 12.2 Å². The van der Waals surface area contributed by atoms with Gasteiger partial charge in [-0.1, -0.05) is 52.0 Å². The molecule has 3 aromatic heterocycles. The summed E-state index contributed by atoms with van der Waals surface area (Å²) in [7, 11) is 2.53. The molecule has 4 atom stereocenters. The number of ether oxygens (including phenoxy) is 2. The first-order valence-electron chi connectivity index (χ1n) is 18.6. The molecule has 2 aliphatic rings. The van der Waals surface area contributed by atoms with Crippen molar-refractivity contribution in [2.45, 2.75) is 71.5 Å². The van der Waals surface area contributed by atoms with Crippen LogP contribution in [0.15, 0.2) is 54.0 Å². The Bertz CT molecular complexity index is 2000. The molecule has 4 unspecified atom stereocenters. The van der Waals surface area contributed by atoms with Crippen LogP contribution in [0.5, 0.6) is 0 Å². The van der Waals surface area contributed by atoms with Crippen LogP contribution in [-0.4, -0.2) is 103 Å². The summed E-state index contributed by atoms with van der Waals surface area (Å²) in [6.45, 7) is 8.79. The molecule has 4 amide bonds. The third-order valence-corrected chi connectivity index (χ3v) is 10.2. The van der Waals surface area contributed by atoms with Gasteiger partial charge in [0.1, 0.15) is 17.7 Å². The highest BCUT2D eigenvalue weighted by Crippen LogP contribution is 2.35. The van der Waals surface area contributed by atoms with Crippen LogP contribution in [0.1, 0.15) is 77.1 Å². The molecule has 55 heavy (non-hydrogen) atoms. The van der Waals surface area contributed by atoms with Crippen LogP contribution in [-0.2, 0) is 19.1 Å². The number of aromatic nitrogens is 6. The van der Waals surface area contributed by atoms with Gasteiger partial charge in [-0.25, -0.2) is 29.5 Å². The average Bonchev–Trinajstić information content (AvgIpc) is 4.03. The largest absolute Gasteiger partial charge is 0.453 e. The number of rotatable bonds is 11. The summed E-state index contributed by atoms with van der Waals surface area (Å²) < 4.78 is 9.35. The summed E-state index contributed by atoms with van der Waals surface area (Å²) in [5.74, 6) is 0.931. The van der Waals surface area contributed by atoms with Crippen LogP contribution in [0.3, 0.4) is 0 Å². The fourth-order valence-corrected chi connectivity index (χ4v) is 7.13. The van der Waals surface area contributed by atoms with Crippen molar-refractivity contribution in [3.05, 3.63) is 60.7 Å². The normalized spacial score (nSPS) is 18.3. The van der Waals surface area contributed by atoms with E-state index in [-0.39, 0.29) is 35.7 Å². The molecule has 3 N–H and O–H groups in total. The van der Waals surface area contributed by atoms with E-state index in [0.29, 0.717) is 30.6 Å². The van der Waals surface area contributed by atoms with Crippen LogP contribution in [0.2, 0.25) is 0 Å². The topological polar surface area (TPSA) is 201 Å². The standard InChI is InChI=1S/C39H48N10O6/c1-22(2)27(19-44-38(52)54-5)36(50)48-15-7-9-30(48)34-43-21-29(46-34)26-17-40-33(41-18-26)25-13-11-24(12-14-25)28-20-42-35(45-28)31-10-8-16-49(31)37(51)32(23(3)4)47-39(53)55-6/h11-14,17-23,27,30-32H,7-10,15-16H2,1-6H3,(H,42,45)(H,43,46)(H,47,53). The molecule has 6 rings (SSSR count). The summed E-state index contributed by atoms with van der Waals surface area (Å²) in [4.78, 5) is 83.3. The van der Waals surface area contributed by atoms with Crippen molar-refractivity contribution in [1.82, 2.24) is 45.0 Å². The minimum Gasteiger partial charge on any atom is -0.453 e. The van der Waals surface area contributed by atoms with E-state index in [0.717, 1.165) is 53.8 Å². The molecule has 290 valence electrons. The van der Waals surface area contributed by atoms with Gasteiger partial charge in [-0.05, 0) is 43.1 Å². The Morgan fingerprint density at radius 1 is 0.745 bits per heavy atom. The number of hydrogen-bond acceptors (Lipinski definition) is 10. The number of carbonyl (C=O) groups excluding carboxylic acids is 4. The lowest BCUT2D eigenvalue weighted by molar-refractivity contribution is -0.136. The van der Waals surface area contributed by atoms with Crippen molar-refractivity contribution in [1.29, 1.82) is 0 Å². The van der Waals surface area contributed by atoms with Gasteiger partial charge in [-0.3, -0.25) is 9.59 Å². The second kappa shape index (κ2) is 17.0. The van der Waals surface area contributed by atoms with Crippen LogP contribution in [0.25, 0.3) is 33.9 Å². The van der Waals surface area contributed by atoms with Crippen molar-refractivity contribution in [3.63, 3.8) is 0 Å². The third kappa shape index (κ3) is 8.58. The number of imidazole rings is 2. The molecule has 0 aliphatic carbocycles. The molecular formula is C39H48N10O6. The number of likely N-dealkylation sites (tertiary alicyclic amines) is 2. The van der Waals surface area contributed by atoms with Crippen molar-refractivity contribution in [2.75, 3.05) is 27.3 Å². The SMILES string of the molecule is COC(=O)N=CC(C(=O)N1CCCC1c1ncc(-c2cnc(-c3ccc(-c4cnc(C5CCCN5C(=O)C(NC(=O)OC)C(C)C)[nH]4)cc3)nc2)[nH]1)C(C)C. The summed E-state index contributed by atoms with van der Waals surface area (Å²) in [6, 6.07) is 6.68. The zero-order chi connectivity index (χ0) is 39.2. The molecule has 2 saturated heterocycles. The van der Waals surface area contributed by atoms with Crippen molar-refractivity contribution in [3.8, 4) is 33.9 Å². The number of aliphatic imine (C=N–C) groups is 1. The van der Waals surface area contributed by atoms with Gasteiger partial charge in [-0.2, -0.15) is 4.99 Å². The van der Waals surface area contributed by atoms with Gasteiger partial charge in [0, 0.05) is 42.8 Å². The number of aromatic amines is 2. The van der Waals surface area contributed by atoms with E-state index in [9.17, 15) is 19.2 Å². The van der Waals surface area contributed by atoms with Gasteiger partial charge in [0.15, 0.2) is 5.82 Å². The van der Waals surface area contributed by atoms with E-state index in [1.165, 1.54) is 20.4 Å². The molecule has 0 spiro atoms. The Morgan fingerprint density at radius 2 is 1.29 bits per heavy atom. The fourth-order valence-electron chi connectivity index (χ4n) is 7.13. The molecule has 4 aromatic rings. The lowest BCUT2D eigenvalue weighted by Gasteiger charge is -2.30. The zero-order valence-electron chi connectivity index (χ0n) is 32.0. The second-order valence-electron chi connectivity index (χ2n) is 14.5. The maximum Gasteiger partial charge on any atom is 0.432 e. The summed E-state index contributed by atoms with van der Waals surface area (Å²) in [6.07, 6.45) is 10.2. The van der Waals surface area contributed by atoms with Crippen molar-refractivity contribution in [2.24, 2.45) is 22.7 Å². The Labute approximate surface area is 319 Å². The van der Waals surface area contributed by atoms with E-state index < -0.39 is 24.1 Å². The number of amides is 4. The number of nitrogens with zero attached hydrogens (tertiary/aromatic N) is 7. The van der Waals surface area contributed by atoms with Crippen molar-refractivity contribution < 1.29 is 28.7 Å². The van der Waals surface area contributed by atoms with Gasteiger partial charge in [0.2, 0.25) is 11.8 Å². The van der Waals surface area contributed by atoms with Gasteiger partial charge in [-0.15, -0.1) is 0 Å². The van der Waals surface area contributed by atoms with Crippen molar-refractivity contribution >= 4 is 30.2 Å². The molecular weight excluding hydrogens is 704 g/mol.